The van der Waals surface area contributed by atoms with Crippen LogP contribution in [0.1, 0.15) is 34.1 Å². The molecule has 1 heterocycles. The van der Waals surface area contributed by atoms with Gasteiger partial charge in [0.2, 0.25) is 0 Å². The fraction of sp³-hybridized carbons (Fsp3) is 0.400. The molecule has 0 aliphatic carbocycles. The van der Waals surface area contributed by atoms with Crippen molar-refractivity contribution < 1.29 is 9.13 Å². The first-order chi connectivity index (χ1) is 9.56. The summed E-state index contributed by atoms with van der Waals surface area (Å²) in [6, 6.07) is 4.81. The molecule has 0 amide bonds. The number of rotatable bonds is 5. The highest BCUT2D eigenvalue weighted by molar-refractivity contribution is 7.11. The first kappa shape index (κ1) is 14.9. The number of aryl methyl sites for hydroxylation is 2. The molecule has 0 saturated heterocycles. The summed E-state index contributed by atoms with van der Waals surface area (Å²) in [6.45, 7) is 6.70. The molecule has 0 spiro atoms. The van der Waals surface area contributed by atoms with Crippen LogP contribution in [0.3, 0.4) is 0 Å². The van der Waals surface area contributed by atoms with Crippen molar-refractivity contribution >= 4 is 11.3 Å². The molecule has 20 heavy (non-hydrogen) atoms. The molecule has 1 aromatic carbocycles. The van der Waals surface area contributed by atoms with Crippen LogP contribution in [-0.2, 0) is 0 Å². The van der Waals surface area contributed by atoms with Crippen LogP contribution in [-0.4, -0.2) is 18.6 Å². The molecule has 5 heteroatoms. The molecule has 1 aromatic heterocycles. The summed E-state index contributed by atoms with van der Waals surface area (Å²) in [7, 11) is 1.53. The van der Waals surface area contributed by atoms with Gasteiger partial charge in [-0.25, -0.2) is 9.37 Å². The van der Waals surface area contributed by atoms with Crippen LogP contribution in [0.15, 0.2) is 18.2 Å². The van der Waals surface area contributed by atoms with Crippen LogP contribution in [0.2, 0.25) is 0 Å². The number of ether oxygens (including phenoxy) is 1. The van der Waals surface area contributed by atoms with E-state index in [-0.39, 0.29) is 11.9 Å². The van der Waals surface area contributed by atoms with Crippen molar-refractivity contribution in [1.82, 2.24) is 10.3 Å². The maximum absolute atomic E-state index is 14.3. The maximum Gasteiger partial charge on any atom is 0.132 e. The van der Waals surface area contributed by atoms with E-state index in [2.05, 4.69) is 10.3 Å². The number of methoxy groups -OCH3 is 1. The maximum atomic E-state index is 14.3. The zero-order chi connectivity index (χ0) is 14.7. The lowest BCUT2D eigenvalue weighted by molar-refractivity contribution is 0.410. The van der Waals surface area contributed by atoms with E-state index in [0.717, 1.165) is 22.1 Å². The third kappa shape index (κ3) is 2.99. The number of hydrogen-bond acceptors (Lipinski definition) is 4. The number of thiazole rings is 1. The van der Waals surface area contributed by atoms with E-state index >= 15 is 0 Å². The van der Waals surface area contributed by atoms with Gasteiger partial charge in [-0.05, 0) is 26.5 Å². The molecule has 0 fully saturated rings. The van der Waals surface area contributed by atoms with Gasteiger partial charge in [-0.1, -0.05) is 13.0 Å². The normalized spacial score (nSPS) is 12.4. The average molecular weight is 294 g/mol. The van der Waals surface area contributed by atoms with Crippen LogP contribution in [0.5, 0.6) is 5.75 Å². The summed E-state index contributed by atoms with van der Waals surface area (Å²) in [5, 5.41) is 4.33. The lowest BCUT2D eigenvalue weighted by Crippen LogP contribution is -2.22. The molecule has 2 rings (SSSR count). The van der Waals surface area contributed by atoms with Crippen molar-refractivity contribution in [3.63, 3.8) is 0 Å². The first-order valence-corrected chi connectivity index (χ1v) is 7.39. The molecule has 1 unspecified atom stereocenters. The van der Waals surface area contributed by atoms with E-state index in [4.69, 9.17) is 4.74 Å². The molecule has 0 radical (unpaired) electrons. The minimum atomic E-state index is -0.263. The number of aromatic nitrogens is 1. The van der Waals surface area contributed by atoms with Crippen molar-refractivity contribution in [1.29, 1.82) is 0 Å². The fourth-order valence-corrected chi connectivity index (χ4v) is 3.25. The SMILES string of the molecule is CCNC(c1ccc(OC)cc1F)c1sc(C)nc1C. The van der Waals surface area contributed by atoms with Crippen molar-refractivity contribution in [2.45, 2.75) is 26.8 Å². The van der Waals surface area contributed by atoms with Gasteiger partial charge in [0.05, 0.1) is 23.9 Å². The van der Waals surface area contributed by atoms with E-state index in [0.29, 0.717) is 11.3 Å². The largest absolute Gasteiger partial charge is 0.497 e. The third-order valence-corrected chi connectivity index (χ3v) is 4.27. The van der Waals surface area contributed by atoms with Gasteiger partial charge in [-0.15, -0.1) is 11.3 Å². The molecule has 108 valence electrons. The fourth-order valence-electron chi connectivity index (χ4n) is 2.23. The molecule has 0 aliphatic heterocycles. The summed E-state index contributed by atoms with van der Waals surface area (Å²) in [6.07, 6.45) is 0. The van der Waals surface area contributed by atoms with Crippen LogP contribution >= 0.6 is 11.3 Å². The van der Waals surface area contributed by atoms with E-state index < -0.39 is 0 Å². The minimum absolute atomic E-state index is 0.169. The second kappa shape index (κ2) is 6.33. The molecule has 3 nitrogen and oxygen atoms in total. The van der Waals surface area contributed by atoms with Crippen molar-refractivity contribution in [3.8, 4) is 5.75 Å². The second-order valence-electron chi connectivity index (χ2n) is 4.56. The molecule has 2 aromatic rings. The molecule has 0 saturated carbocycles. The smallest absolute Gasteiger partial charge is 0.132 e. The highest BCUT2D eigenvalue weighted by Crippen LogP contribution is 2.32. The van der Waals surface area contributed by atoms with Gasteiger partial charge in [-0.3, -0.25) is 0 Å². The first-order valence-electron chi connectivity index (χ1n) is 6.57. The van der Waals surface area contributed by atoms with Crippen LogP contribution < -0.4 is 10.1 Å². The van der Waals surface area contributed by atoms with Gasteiger partial charge in [-0.2, -0.15) is 0 Å². The topological polar surface area (TPSA) is 34.1 Å². The zero-order valence-corrected chi connectivity index (χ0v) is 13.0. The molecular weight excluding hydrogens is 275 g/mol. The Kier molecular flexibility index (Phi) is 4.73. The summed E-state index contributed by atoms with van der Waals surface area (Å²) >= 11 is 1.60. The Morgan fingerprint density at radius 1 is 1.40 bits per heavy atom. The lowest BCUT2D eigenvalue weighted by Gasteiger charge is -2.18. The van der Waals surface area contributed by atoms with Gasteiger partial charge in [0.25, 0.3) is 0 Å². The minimum Gasteiger partial charge on any atom is -0.497 e. The van der Waals surface area contributed by atoms with Gasteiger partial charge in [0, 0.05) is 16.5 Å². The summed E-state index contributed by atoms with van der Waals surface area (Å²) in [5.41, 5.74) is 1.58. The highest BCUT2D eigenvalue weighted by atomic mass is 32.1. The van der Waals surface area contributed by atoms with Gasteiger partial charge >= 0.3 is 0 Å². The van der Waals surface area contributed by atoms with E-state index in [1.807, 2.05) is 20.8 Å². The van der Waals surface area contributed by atoms with Crippen molar-refractivity contribution in [2.24, 2.45) is 0 Å². The average Bonchev–Trinajstić information content (AvgIpc) is 2.75. The molecule has 1 atom stereocenters. The van der Waals surface area contributed by atoms with Gasteiger partial charge < -0.3 is 10.1 Å². The second-order valence-corrected chi connectivity index (χ2v) is 5.80. The number of benzene rings is 1. The Labute approximate surface area is 122 Å². The van der Waals surface area contributed by atoms with E-state index in [1.165, 1.54) is 13.2 Å². The monoisotopic (exact) mass is 294 g/mol. The number of nitrogens with zero attached hydrogens (tertiary/aromatic N) is 1. The molecule has 0 bridgehead atoms. The zero-order valence-electron chi connectivity index (χ0n) is 12.2. The lowest BCUT2D eigenvalue weighted by atomic mass is 10.0. The standard InChI is InChI=1S/C15H19FN2OS/c1-5-17-14(15-9(2)18-10(3)20-15)12-7-6-11(19-4)8-13(12)16/h6-8,14,17H,5H2,1-4H3. The Balaban J connectivity index is 2.45. The Morgan fingerprint density at radius 2 is 2.15 bits per heavy atom. The Morgan fingerprint density at radius 3 is 2.65 bits per heavy atom. The Bertz CT molecular complexity index is 598. The Hall–Kier alpha value is -1.46. The summed E-state index contributed by atoms with van der Waals surface area (Å²) < 4.78 is 19.4. The van der Waals surface area contributed by atoms with E-state index in [9.17, 15) is 4.39 Å². The molecular formula is C15H19FN2OS. The van der Waals surface area contributed by atoms with Crippen LogP contribution in [0, 0.1) is 19.7 Å². The van der Waals surface area contributed by atoms with Gasteiger partial charge in [0.1, 0.15) is 11.6 Å². The summed E-state index contributed by atoms with van der Waals surface area (Å²) in [4.78, 5) is 5.50. The van der Waals surface area contributed by atoms with Crippen molar-refractivity contribution in [3.05, 3.63) is 45.2 Å². The number of halogens is 1. The highest BCUT2D eigenvalue weighted by Gasteiger charge is 2.22. The van der Waals surface area contributed by atoms with E-state index in [1.54, 1.807) is 23.5 Å². The predicted octanol–water partition coefficient (Wildman–Crippen LogP) is 3.61. The molecule has 1 N–H and O–H groups in total. The molecule has 0 aliphatic rings. The quantitative estimate of drug-likeness (QED) is 0.915. The van der Waals surface area contributed by atoms with Crippen LogP contribution in [0.4, 0.5) is 4.39 Å². The number of hydrogen-bond donors (Lipinski definition) is 1. The van der Waals surface area contributed by atoms with Gasteiger partial charge in [0.15, 0.2) is 0 Å². The predicted molar refractivity (Wildman–Crippen MR) is 80.1 cm³/mol. The van der Waals surface area contributed by atoms with Crippen molar-refractivity contribution in [2.75, 3.05) is 13.7 Å². The summed E-state index contributed by atoms with van der Waals surface area (Å²) in [5.74, 6) is 0.263. The third-order valence-electron chi connectivity index (χ3n) is 3.13. The van der Waals surface area contributed by atoms with Crippen LogP contribution in [0.25, 0.3) is 0 Å². The number of nitrogens with one attached hydrogen (secondary N) is 1.